The Morgan fingerprint density at radius 3 is 2.93 bits per heavy atom. The summed E-state index contributed by atoms with van der Waals surface area (Å²) < 4.78 is 11.2. The third kappa shape index (κ3) is 2.65. The lowest BCUT2D eigenvalue weighted by Crippen LogP contribution is -2.14. The minimum atomic E-state index is 0.693. The summed E-state index contributed by atoms with van der Waals surface area (Å²) in [7, 11) is 0. The van der Waals surface area contributed by atoms with E-state index in [0.29, 0.717) is 13.2 Å². The maximum Gasteiger partial charge on any atom is 0.175 e. The molecule has 0 saturated heterocycles. The van der Waals surface area contributed by atoms with Gasteiger partial charge in [0.15, 0.2) is 11.5 Å². The Morgan fingerprint density at radius 2 is 2.07 bits per heavy atom. The van der Waals surface area contributed by atoms with Gasteiger partial charge in [-0.05, 0) is 12.8 Å². The largest absolute Gasteiger partial charge is 0.485 e. The van der Waals surface area contributed by atoms with Gasteiger partial charge in [-0.1, -0.05) is 26.2 Å². The van der Waals surface area contributed by atoms with Crippen molar-refractivity contribution in [3.8, 4) is 11.5 Å². The molecule has 0 unspecified atom stereocenters. The fraction of sp³-hybridized carbons (Fsp3) is 0.667. The third-order valence-corrected chi connectivity index (χ3v) is 3.64. The van der Waals surface area contributed by atoms with Gasteiger partial charge in [0.25, 0.3) is 0 Å². The molecule has 1 aromatic rings. The third-order valence-electron chi connectivity index (χ3n) is 2.63. The monoisotopic (exact) mass is 226 g/mol. The van der Waals surface area contributed by atoms with Crippen molar-refractivity contribution in [2.75, 3.05) is 13.2 Å². The number of hydrogen-bond acceptors (Lipinski definition) is 3. The van der Waals surface area contributed by atoms with Gasteiger partial charge in [-0.2, -0.15) is 0 Å². The Hall–Kier alpha value is -0.700. The number of ether oxygens (including phenoxy) is 2. The van der Waals surface area contributed by atoms with Gasteiger partial charge >= 0.3 is 0 Å². The molecule has 2 nitrogen and oxygen atoms in total. The van der Waals surface area contributed by atoms with Crippen molar-refractivity contribution in [1.29, 1.82) is 0 Å². The van der Waals surface area contributed by atoms with Crippen LogP contribution in [0.2, 0.25) is 0 Å². The quantitative estimate of drug-likeness (QED) is 0.714. The van der Waals surface area contributed by atoms with Crippen LogP contribution in [0.5, 0.6) is 11.5 Å². The summed E-state index contributed by atoms with van der Waals surface area (Å²) in [5.74, 6) is 1.97. The highest BCUT2D eigenvalue weighted by Crippen LogP contribution is 2.39. The average molecular weight is 226 g/mol. The van der Waals surface area contributed by atoms with Gasteiger partial charge < -0.3 is 9.47 Å². The second kappa shape index (κ2) is 5.40. The van der Waals surface area contributed by atoms with Crippen LogP contribution in [-0.4, -0.2) is 13.2 Å². The minimum absolute atomic E-state index is 0.693. The van der Waals surface area contributed by atoms with Crippen LogP contribution in [0.4, 0.5) is 0 Å². The standard InChI is InChI=1S/C12H18O2S/c1-2-3-4-5-6-11-12-10(9-15-11)13-7-8-14-12/h9H,2-8H2,1H3. The highest BCUT2D eigenvalue weighted by molar-refractivity contribution is 7.10. The van der Waals surface area contributed by atoms with Crippen molar-refractivity contribution in [1.82, 2.24) is 0 Å². The van der Waals surface area contributed by atoms with Gasteiger partial charge in [0.1, 0.15) is 13.2 Å². The van der Waals surface area contributed by atoms with Crippen molar-refractivity contribution < 1.29 is 9.47 Å². The summed E-state index contributed by atoms with van der Waals surface area (Å²) in [6.07, 6.45) is 6.37. The van der Waals surface area contributed by atoms with Crippen molar-refractivity contribution >= 4 is 11.3 Å². The van der Waals surface area contributed by atoms with E-state index in [0.717, 1.165) is 17.9 Å². The van der Waals surface area contributed by atoms with Crippen LogP contribution in [0.3, 0.4) is 0 Å². The van der Waals surface area contributed by atoms with E-state index in [9.17, 15) is 0 Å². The molecular weight excluding hydrogens is 208 g/mol. The lowest BCUT2D eigenvalue weighted by atomic mass is 10.1. The molecule has 0 atom stereocenters. The highest BCUT2D eigenvalue weighted by atomic mass is 32.1. The first-order valence-electron chi connectivity index (χ1n) is 5.77. The number of rotatable bonds is 5. The van der Waals surface area contributed by atoms with Gasteiger partial charge in [0.2, 0.25) is 0 Å². The van der Waals surface area contributed by atoms with Gasteiger partial charge in [-0.25, -0.2) is 0 Å². The van der Waals surface area contributed by atoms with Crippen molar-refractivity contribution in [3.05, 3.63) is 10.3 Å². The summed E-state index contributed by atoms with van der Waals surface area (Å²) in [6.45, 7) is 3.63. The molecule has 0 bridgehead atoms. The lowest BCUT2D eigenvalue weighted by Gasteiger charge is -2.15. The highest BCUT2D eigenvalue weighted by Gasteiger charge is 2.17. The average Bonchev–Trinajstić information content (AvgIpc) is 2.68. The normalized spacial score (nSPS) is 14.2. The van der Waals surface area contributed by atoms with E-state index in [4.69, 9.17) is 9.47 Å². The molecule has 1 aliphatic rings. The molecule has 0 aromatic carbocycles. The Balaban J connectivity index is 1.88. The Kier molecular flexibility index (Phi) is 3.89. The summed E-state index contributed by atoms with van der Waals surface area (Å²) in [5, 5.41) is 2.07. The van der Waals surface area contributed by atoms with Gasteiger partial charge in [-0.15, -0.1) is 11.3 Å². The zero-order valence-electron chi connectivity index (χ0n) is 9.25. The number of aryl methyl sites for hydroxylation is 1. The molecule has 84 valence electrons. The molecular formula is C12H18O2S. The molecule has 0 saturated carbocycles. The van der Waals surface area contributed by atoms with Crippen LogP contribution in [0.15, 0.2) is 5.38 Å². The Bertz CT molecular complexity index is 307. The molecule has 2 heterocycles. The lowest BCUT2D eigenvalue weighted by molar-refractivity contribution is 0.172. The first-order valence-corrected chi connectivity index (χ1v) is 6.65. The molecule has 0 radical (unpaired) electrons. The summed E-state index contributed by atoms with van der Waals surface area (Å²) in [4.78, 5) is 1.36. The van der Waals surface area contributed by atoms with Crippen molar-refractivity contribution in [2.45, 2.75) is 39.0 Å². The molecule has 15 heavy (non-hydrogen) atoms. The summed E-state index contributed by atoms with van der Waals surface area (Å²) >= 11 is 1.77. The van der Waals surface area contributed by atoms with Gasteiger partial charge in [-0.3, -0.25) is 0 Å². The van der Waals surface area contributed by atoms with E-state index in [1.165, 1.54) is 30.6 Å². The fourth-order valence-corrected chi connectivity index (χ4v) is 2.75. The SMILES string of the molecule is CCCCCCc1scc2c1OCCO2. The van der Waals surface area contributed by atoms with Crippen molar-refractivity contribution in [2.24, 2.45) is 0 Å². The molecule has 1 aliphatic heterocycles. The molecule has 0 N–H and O–H groups in total. The molecule has 0 fully saturated rings. The second-order valence-electron chi connectivity index (χ2n) is 3.86. The Labute approximate surface area is 95.2 Å². The fourth-order valence-electron chi connectivity index (χ4n) is 1.80. The first-order chi connectivity index (χ1) is 7.42. The molecule has 0 amide bonds. The molecule has 2 rings (SSSR count). The summed E-state index contributed by atoms with van der Waals surface area (Å²) in [6, 6.07) is 0. The molecule has 0 aliphatic carbocycles. The summed E-state index contributed by atoms with van der Waals surface area (Å²) in [5.41, 5.74) is 0. The van der Waals surface area contributed by atoms with E-state index < -0.39 is 0 Å². The van der Waals surface area contributed by atoms with Crippen LogP contribution >= 0.6 is 11.3 Å². The van der Waals surface area contributed by atoms with E-state index in [1.54, 1.807) is 11.3 Å². The maximum absolute atomic E-state index is 5.64. The van der Waals surface area contributed by atoms with E-state index in [1.807, 2.05) is 0 Å². The number of unbranched alkanes of at least 4 members (excludes halogenated alkanes) is 3. The molecule has 0 spiro atoms. The second-order valence-corrected chi connectivity index (χ2v) is 4.82. The van der Waals surface area contributed by atoms with Crippen LogP contribution < -0.4 is 9.47 Å². The molecule has 1 aromatic heterocycles. The topological polar surface area (TPSA) is 18.5 Å². The van der Waals surface area contributed by atoms with Gasteiger partial charge in [0.05, 0.1) is 4.88 Å². The van der Waals surface area contributed by atoms with Crippen molar-refractivity contribution in [3.63, 3.8) is 0 Å². The number of fused-ring (bicyclic) bond motifs is 1. The minimum Gasteiger partial charge on any atom is -0.485 e. The number of hydrogen-bond donors (Lipinski definition) is 0. The predicted octanol–water partition coefficient (Wildman–Crippen LogP) is 3.64. The maximum atomic E-state index is 5.64. The zero-order chi connectivity index (χ0) is 10.5. The van der Waals surface area contributed by atoms with E-state index in [-0.39, 0.29) is 0 Å². The smallest absolute Gasteiger partial charge is 0.175 e. The predicted molar refractivity (Wildman–Crippen MR) is 63.2 cm³/mol. The van der Waals surface area contributed by atoms with E-state index in [2.05, 4.69) is 12.3 Å². The van der Waals surface area contributed by atoms with Crippen LogP contribution in [0.25, 0.3) is 0 Å². The van der Waals surface area contributed by atoms with Crippen LogP contribution in [-0.2, 0) is 6.42 Å². The first kappa shape index (κ1) is 10.8. The van der Waals surface area contributed by atoms with Crippen LogP contribution in [0.1, 0.15) is 37.5 Å². The van der Waals surface area contributed by atoms with E-state index >= 15 is 0 Å². The number of thiophene rings is 1. The zero-order valence-corrected chi connectivity index (χ0v) is 10.1. The van der Waals surface area contributed by atoms with Gasteiger partial charge in [0, 0.05) is 5.38 Å². The molecule has 3 heteroatoms. The van der Waals surface area contributed by atoms with Crippen LogP contribution in [0, 0.1) is 0 Å². The Morgan fingerprint density at radius 1 is 1.20 bits per heavy atom.